The molecular formula is C18H13Br3N4O2. The summed E-state index contributed by atoms with van der Waals surface area (Å²) in [5.74, 6) is -0.399. The van der Waals surface area contributed by atoms with Crippen LogP contribution in [0.2, 0.25) is 0 Å². The average molecular weight is 557 g/mol. The minimum Gasteiger partial charge on any atom is -0.506 e. The Morgan fingerprint density at radius 3 is 2.63 bits per heavy atom. The lowest BCUT2D eigenvalue weighted by molar-refractivity contribution is 0.0949. The number of carbonyl (C=O) groups is 1. The molecule has 1 aromatic heterocycles. The zero-order valence-corrected chi connectivity index (χ0v) is 18.5. The molecule has 138 valence electrons. The van der Waals surface area contributed by atoms with Crippen LogP contribution in [0, 0.1) is 0 Å². The van der Waals surface area contributed by atoms with Crippen molar-refractivity contribution in [2.24, 2.45) is 5.10 Å². The maximum Gasteiger partial charge on any atom is 0.291 e. The first-order valence-corrected chi connectivity index (χ1v) is 10.1. The quantitative estimate of drug-likeness (QED) is 0.353. The number of aromatic hydroxyl groups is 1. The van der Waals surface area contributed by atoms with Gasteiger partial charge in [0.2, 0.25) is 0 Å². The molecule has 0 aliphatic carbocycles. The minimum atomic E-state index is -0.436. The van der Waals surface area contributed by atoms with E-state index in [1.165, 1.54) is 6.21 Å². The SMILES string of the molecule is O=C(NN=Cc1cc(Br)cc(Br)c1O)c1ccn(Cc2ccc(Br)cc2)n1. The molecular weight excluding hydrogens is 544 g/mol. The van der Waals surface area contributed by atoms with E-state index in [-0.39, 0.29) is 11.4 Å². The average Bonchev–Trinajstić information content (AvgIpc) is 3.09. The van der Waals surface area contributed by atoms with Gasteiger partial charge in [-0.15, -0.1) is 0 Å². The fourth-order valence-corrected chi connectivity index (χ4v) is 3.77. The Morgan fingerprint density at radius 2 is 1.89 bits per heavy atom. The van der Waals surface area contributed by atoms with Gasteiger partial charge in [-0.3, -0.25) is 9.48 Å². The molecule has 0 saturated heterocycles. The molecule has 2 aromatic carbocycles. The van der Waals surface area contributed by atoms with Crippen LogP contribution in [0.15, 0.2) is 67.2 Å². The number of hydrogen-bond acceptors (Lipinski definition) is 4. The molecule has 0 atom stereocenters. The highest BCUT2D eigenvalue weighted by Crippen LogP contribution is 2.30. The van der Waals surface area contributed by atoms with Gasteiger partial charge < -0.3 is 5.11 Å². The number of hydrogen-bond donors (Lipinski definition) is 2. The van der Waals surface area contributed by atoms with Gasteiger partial charge in [0.05, 0.1) is 17.2 Å². The third-order valence-corrected chi connectivity index (χ3v) is 5.15. The van der Waals surface area contributed by atoms with Crippen LogP contribution in [-0.2, 0) is 6.54 Å². The van der Waals surface area contributed by atoms with Gasteiger partial charge in [-0.05, 0) is 51.8 Å². The first-order valence-electron chi connectivity index (χ1n) is 7.71. The zero-order valence-electron chi connectivity index (χ0n) is 13.7. The molecule has 0 unspecified atom stereocenters. The van der Waals surface area contributed by atoms with E-state index < -0.39 is 5.91 Å². The first-order chi connectivity index (χ1) is 12.9. The summed E-state index contributed by atoms with van der Waals surface area (Å²) in [6.45, 7) is 0.559. The van der Waals surface area contributed by atoms with E-state index in [9.17, 15) is 9.90 Å². The number of halogens is 3. The van der Waals surface area contributed by atoms with Gasteiger partial charge in [0.1, 0.15) is 5.75 Å². The van der Waals surface area contributed by atoms with Crippen molar-refractivity contribution in [3.8, 4) is 5.75 Å². The molecule has 0 bridgehead atoms. The molecule has 27 heavy (non-hydrogen) atoms. The summed E-state index contributed by atoms with van der Waals surface area (Å²) in [6.07, 6.45) is 3.10. The van der Waals surface area contributed by atoms with Crippen molar-refractivity contribution in [2.75, 3.05) is 0 Å². The Balaban J connectivity index is 1.63. The normalized spacial score (nSPS) is 11.1. The summed E-state index contributed by atoms with van der Waals surface area (Å²) < 4.78 is 3.98. The standard InChI is InChI=1S/C18H13Br3N4O2/c19-13-3-1-11(2-4-13)10-25-6-5-16(24-25)18(27)23-22-9-12-7-14(20)8-15(21)17(12)26/h1-9,26H,10H2,(H,23,27). The molecule has 2 N–H and O–H groups in total. The van der Waals surface area contributed by atoms with Crippen LogP contribution in [0.4, 0.5) is 0 Å². The van der Waals surface area contributed by atoms with Gasteiger partial charge in [0.15, 0.2) is 5.69 Å². The zero-order chi connectivity index (χ0) is 19.4. The monoisotopic (exact) mass is 554 g/mol. The lowest BCUT2D eigenvalue weighted by Crippen LogP contribution is -2.18. The second kappa shape index (κ2) is 8.81. The summed E-state index contributed by atoms with van der Waals surface area (Å²) in [6, 6.07) is 12.9. The molecule has 0 radical (unpaired) electrons. The van der Waals surface area contributed by atoms with Crippen LogP contribution >= 0.6 is 47.8 Å². The highest BCUT2D eigenvalue weighted by molar-refractivity contribution is 9.11. The largest absolute Gasteiger partial charge is 0.506 e. The van der Waals surface area contributed by atoms with Gasteiger partial charge in [0, 0.05) is 20.7 Å². The van der Waals surface area contributed by atoms with Crippen molar-refractivity contribution >= 4 is 59.9 Å². The number of nitrogens with one attached hydrogen (secondary N) is 1. The fraction of sp³-hybridized carbons (Fsp3) is 0.0556. The van der Waals surface area contributed by atoms with Crippen molar-refractivity contribution in [3.63, 3.8) is 0 Å². The predicted octanol–water partition coefficient (Wildman–Crippen LogP) is 4.69. The number of amides is 1. The lowest BCUT2D eigenvalue weighted by Gasteiger charge is -2.03. The first kappa shape index (κ1) is 19.8. The maximum absolute atomic E-state index is 12.2. The summed E-state index contributed by atoms with van der Waals surface area (Å²) in [5.41, 5.74) is 4.19. The van der Waals surface area contributed by atoms with Crippen LogP contribution in [0.1, 0.15) is 21.6 Å². The summed E-state index contributed by atoms with van der Waals surface area (Å²) in [4.78, 5) is 12.2. The van der Waals surface area contributed by atoms with Crippen molar-refractivity contribution in [3.05, 3.63) is 78.9 Å². The Kier molecular flexibility index (Phi) is 6.46. The van der Waals surface area contributed by atoms with E-state index in [0.29, 0.717) is 16.6 Å². The van der Waals surface area contributed by atoms with Gasteiger partial charge in [-0.25, -0.2) is 5.43 Å². The van der Waals surface area contributed by atoms with Crippen molar-refractivity contribution in [1.29, 1.82) is 0 Å². The molecule has 0 spiro atoms. The smallest absolute Gasteiger partial charge is 0.291 e. The summed E-state index contributed by atoms with van der Waals surface area (Å²) in [7, 11) is 0. The van der Waals surface area contributed by atoms with Crippen molar-refractivity contribution in [1.82, 2.24) is 15.2 Å². The molecule has 6 nitrogen and oxygen atoms in total. The predicted molar refractivity (Wildman–Crippen MR) is 114 cm³/mol. The van der Waals surface area contributed by atoms with Crippen LogP contribution in [-0.4, -0.2) is 27.0 Å². The summed E-state index contributed by atoms with van der Waals surface area (Å²) >= 11 is 9.97. The highest BCUT2D eigenvalue weighted by atomic mass is 79.9. The van der Waals surface area contributed by atoms with Crippen LogP contribution < -0.4 is 5.43 Å². The molecule has 0 aliphatic rings. The van der Waals surface area contributed by atoms with Gasteiger partial charge in [0.25, 0.3) is 5.91 Å². The van der Waals surface area contributed by atoms with Gasteiger partial charge in [-0.1, -0.05) is 44.0 Å². The number of rotatable bonds is 5. The van der Waals surface area contributed by atoms with E-state index in [0.717, 1.165) is 14.5 Å². The van der Waals surface area contributed by atoms with Crippen LogP contribution in [0.25, 0.3) is 0 Å². The molecule has 1 amide bonds. The number of nitrogens with zero attached hydrogens (tertiary/aromatic N) is 3. The Hall–Kier alpha value is -1.97. The van der Waals surface area contributed by atoms with E-state index >= 15 is 0 Å². The molecule has 1 heterocycles. The van der Waals surface area contributed by atoms with E-state index in [1.807, 2.05) is 24.3 Å². The second-order valence-electron chi connectivity index (χ2n) is 5.55. The number of carbonyl (C=O) groups excluding carboxylic acids is 1. The third-order valence-electron chi connectivity index (χ3n) is 3.56. The lowest BCUT2D eigenvalue weighted by atomic mass is 10.2. The number of phenols is 1. The Labute approximate surface area is 180 Å². The van der Waals surface area contributed by atoms with E-state index in [2.05, 4.69) is 63.4 Å². The molecule has 3 aromatic rings. The van der Waals surface area contributed by atoms with Gasteiger partial charge >= 0.3 is 0 Å². The third kappa shape index (κ3) is 5.27. The minimum absolute atomic E-state index is 0.0370. The van der Waals surface area contributed by atoms with Crippen LogP contribution in [0.5, 0.6) is 5.75 Å². The number of aromatic nitrogens is 2. The maximum atomic E-state index is 12.2. The Morgan fingerprint density at radius 1 is 1.15 bits per heavy atom. The highest BCUT2D eigenvalue weighted by Gasteiger charge is 2.09. The number of hydrazone groups is 1. The Bertz CT molecular complexity index is 1000. The number of benzene rings is 2. The van der Waals surface area contributed by atoms with Gasteiger partial charge in [-0.2, -0.15) is 10.2 Å². The molecule has 9 heteroatoms. The molecule has 0 saturated carbocycles. The summed E-state index contributed by atoms with van der Waals surface area (Å²) in [5, 5.41) is 18.1. The molecule has 3 rings (SSSR count). The van der Waals surface area contributed by atoms with Crippen molar-refractivity contribution in [2.45, 2.75) is 6.54 Å². The topological polar surface area (TPSA) is 79.5 Å². The molecule has 0 aliphatic heterocycles. The second-order valence-corrected chi connectivity index (χ2v) is 8.24. The van der Waals surface area contributed by atoms with Crippen molar-refractivity contribution < 1.29 is 9.90 Å². The van der Waals surface area contributed by atoms with E-state index in [1.54, 1.807) is 29.1 Å². The van der Waals surface area contributed by atoms with E-state index in [4.69, 9.17) is 0 Å². The van der Waals surface area contributed by atoms with Crippen LogP contribution in [0.3, 0.4) is 0 Å². The number of phenolic OH excluding ortho intramolecular Hbond substituents is 1. The molecule has 0 fully saturated rings. The fourth-order valence-electron chi connectivity index (χ4n) is 2.25.